The first kappa shape index (κ1) is 10.3. The van der Waals surface area contributed by atoms with Crippen LogP contribution in [0.3, 0.4) is 0 Å². The summed E-state index contributed by atoms with van der Waals surface area (Å²) in [4.78, 5) is 14.0. The van der Waals surface area contributed by atoms with E-state index in [4.69, 9.17) is 11.6 Å². The monoisotopic (exact) mass is 218 g/mol. The number of pyridine rings is 1. The molecule has 4 nitrogen and oxygen atoms in total. The molecule has 0 aliphatic heterocycles. The lowest BCUT2D eigenvalue weighted by Gasteiger charge is -2.01. The molecule has 1 heterocycles. The predicted molar refractivity (Wildman–Crippen MR) is 52.4 cm³/mol. The van der Waals surface area contributed by atoms with E-state index in [9.17, 15) is 10.1 Å². The van der Waals surface area contributed by atoms with E-state index in [1.165, 1.54) is 17.8 Å². The summed E-state index contributed by atoms with van der Waals surface area (Å²) >= 11 is 7.12. The highest BCUT2D eigenvalue weighted by Crippen LogP contribution is 2.28. The van der Waals surface area contributed by atoms with E-state index in [1.54, 1.807) is 6.92 Å². The SMILES string of the molecule is CSc1nc(C)c([N+](=O)[O-])cc1Cl. The van der Waals surface area contributed by atoms with E-state index < -0.39 is 4.92 Å². The van der Waals surface area contributed by atoms with E-state index in [1.807, 2.05) is 6.26 Å². The van der Waals surface area contributed by atoms with Gasteiger partial charge in [-0.25, -0.2) is 4.98 Å². The van der Waals surface area contributed by atoms with Gasteiger partial charge in [-0.3, -0.25) is 10.1 Å². The quantitative estimate of drug-likeness (QED) is 0.435. The summed E-state index contributed by atoms with van der Waals surface area (Å²) in [5.41, 5.74) is 0.349. The second-order valence-corrected chi connectivity index (χ2v) is 3.54. The van der Waals surface area contributed by atoms with Crippen molar-refractivity contribution in [3.05, 3.63) is 26.9 Å². The standard InChI is InChI=1S/C7H7ClN2O2S/c1-4-6(10(11)12)3-5(8)7(9-4)13-2/h3H,1-2H3. The fourth-order valence-corrected chi connectivity index (χ4v) is 1.74. The highest BCUT2D eigenvalue weighted by molar-refractivity contribution is 7.98. The van der Waals surface area contributed by atoms with Crippen LogP contribution in [0.25, 0.3) is 0 Å². The number of nitrogens with zero attached hydrogens (tertiary/aromatic N) is 2. The number of aryl methyl sites for hydroxylation is 1. The van der Waals surface area contributed by atoms with Crippen molar-refractivity contribution in [1.82, 2.24) is 4.98 Å². The molecule has 0 saturated carbocycles. The van der Waals surface area contributed by atoms with Gasteiger partial charge in [0.1, 0.15) is 10.7 Å². The molecular weight excluding hydrogens is 212 g/mol. The van der Waals surface area contributed by atoms with Crippen LogP contribution < -0.4 is 0 Å². The minimum atomic E-state index is -0.488. The van der Waals surface area contributed by atoms with Gasteiger partial charge < -0.3 is 0 Å². The van der Waals surface area contributed by atoms with Crippen LogP contribution in [-0.4, -0.2) is 16.2 Å². The van der Waals surface area contributed by atoms with Crippen LogP contribution >= 0.6 is 23.4 Å². The van der Waals surface area contributed by atoms with Gasteiger partial charge in [-0.2, -0.15) is 0 Å². The third kappa shape index (κ3) is 2.10. The molecule has 0 unspecified atom stereocenters. The molecule has 0 saturated heterocycles. The summed E-state index contributed by atoms with van der Waals surface area (Å²) in [6.07, 6.45) is 1.82. The molecule has 0 radical (unpaired) electrons. The molecule has 0 N–H and O–H groups in total. The number of hydrogen-bond donors (Lipinski definition) is 0. The molecule has 13 heavy (non-hydrogen) atoms. The van der Waals surface area contributed by atoms with E-state index >= 15 is 0 Å². The average Bonchev–Trinajstić information content (AvgIpc) is 2.07. The average molecular weight is 219 g/mol. The number of rotatable bonds is 2. The van der Waals surface area contributed by atoms with E-state index in [0.717, 1.165) is 0 Å². The molecule has 70 valence electrons. The fourth-order valence-electron chi connectivity index (χ4n) is 0.877. The van der Waals surface area contributed by atoms with Gasteiger partial charge in [0, 0.05) is 6.07 Å². The fraction of sp³-hybridized carbons (Fsp3) is 0.286. The van der Waals surface area contributed by atoms with Gasteiger partial charge in [0.2, 0.25) is 0 Å². The molecule has 0 aliphatic rings. The third-order valence-electron chi connectivity index (χ3n) is 1.50. The zero-order chi connectivity index (χ0) is 10.0. The molecule has 1 rings (SSSR count). The lowest BCUT2D eigenvalue weighted by Crippen LogP contribution is -1.95. The van der Waals surface area contributed by atoms with Crippen molar-refractivity contribution >= 4 is 29.1 Å². The smallest absolute Gasteiger partial charge is 0.258 e. The Hall–Kier alpha value is -0.810. The van der Waals surface area contributed by atoms with Crippen molar-refractivity contribution < 1.29 is 4.92 Å². The lowest BCUT2D eigenvalue weighted by atomic mass is 10.3. The molecule has 1 aromatic rings. The summed E-state index contributed by atoms with van der Waals surface area (Å²) in [5.74, 6) is 0. The first-order valence-electron chi connectivity index (χ1n) is 3.41. The maximum atomic E-state index is 10.5. The zero-order valence-corrected chi connectivity index (χ0v) is 8.65. The predicted octanol–water partition coefficient (Wildman–Crippen LogP) is 2.67. The van der Waals surface area contributed by atoms with Gasteiger partial charge in [0.25, 0.3) is 5.69 Å². The normalized spacial score (nSPS) is 10.1. The Morgan fingerprint density at radius 2 is 2.31 bits per heavy atom. The highest BCUT2D eigenvalue weighted by Gasteiger charge is 2.15. The van der Waals surface area contributed by atoms with Crippen LogP contribution in [0.15, 0.2) is 11.1 Å². The second kappa shape index (κ2) is 3.93. The molecule has 1 aromatic heterocycles. The first-order chi connectivity index (χ1) is 6.06. The van der Waals surface area contributed by atoms with Gasteiger partial charge >= 0.3 is 0 Å². The molecule has 0 amide bonds. The summed E-state index contributed by atoms with van der Waals surface area (Å²) in [6, 6.07) is 1.33. The molecule has 0 spiro atoms. The van der Waals surface area contributed by atoms with Crippen LogP contribution in [0.1, 0.15) is 5.69 Å². The molecule has 0 aromatic carbocycles. The number of hydrogen-bond acceptors (Lipinski definition) is 4. The first-order valence-corrected chi connectivity index (χ1v) is 5.02. The van der Waals surface area contributed by atoms with Gasteiger partial charge in [0.15, 0.2) is 0 Å². The number of halogens is 1. The minimum absolute atomic E-state index is 0.0391. The Balaban J connectivity index is 3.28. The number of aromatic nitrogens is 1. The van der Waals surface area contributed by atoms with Crippen molar-refractivity contribution in [3.63, 3.8) is 0 Å². The molecule has 0 bridgehead atoms. The Morgan fingerprint density at radius 3 is 2.77 bits per heavy atom. The molecule has 0 atom stereocenters. The molecule has 6 heteroatoms. The van der Waals surface area contributed by atoms with Crippen LogP contribution in [0.2, 0.25) is 5.02 Å². The maximum Gasteiger partial charge on any atom is 0.292 e. The van der Waals surface area contributed by atoms with Crippen molar-refractivity contribution in [2.45, 2.75) is 11.9 Å². The van der Waals surface area contributed by atoms with Crippen LogP contribution in [0.5, 0.6) is 0 Å². The van der Waals surface area contributed by atoms with Crippen molar-refractivity contribution in [3.8, 4) is 0 Å². The Kier molecular flexibility index (Phi) is 3.11. The van der Waals surface area contributed by atoms with Gasteiger partial charge in [-0.1, -0.05) is 11.6 Å². The molecule has 0 aliphatic carbocycles. The Morgan fingerprint density at radius 1 is 1.69 bits per heavy atom. The summed E-state index contributed by atoms with van der Waals surface area (Å²) in [6.45, 7) is 1.59. The lowest BCUT2D eigenvalue weighted by molar-refractivity contribution is -0.385. The van der Waals surface area contributed by atoms with Crippen LogP contribution in [-0.2, 0) is 0 Å². The van der Waals surface area contributed by atoms with Crippen molar-refractivity contribution in [2.24, 2.45) is 0 Å². The second-order valence-electron chi connectivity index (χ2n) is 2.34. The topological polar surface area (TPSA) is 56.0 Å². The highest BCUT2D eigenvalue weighted by atomic mass is 35.5. The Bertz CT molecular complexity index is 357. The zero-order valence-electron chi connectivity index (χ0n) is 7.07. The van der Waals surface area contributed by atoms with E-state index in [-0.39, 0.29) is 5.69 Å². The molecule has 0 fully saturated rings. The van der Waals surface area contributed by atoms with Crippen molar-refractivity contribution in [2.75, 3.05) is 6.26 Å². The summed E-state index contributed by atoms with van der Waals surface area (Å²) in [7, 11) is 0. The number of nitro groups is 1. The Labute approximate surface area is 84.5 Å². The largest absolute Gasteiger partial charge is 0.292 e. The number of thioether (sulfide) groups is 1. The third-order valence-corrected chi connectivity index (χ3v) is 2.60. The van der Waals surface area contributed by atoms with Gasteiger partial charge in [0.05, 0.1) is 9.95 Å². The van der Waals surface area contributed by atoms with Gasteiger partial charge in [-0.05, 0) is 13.2 Å². The van der Waals surface area contributed by atoms with Crippen molar-refractivity contribution in [1.29, 1.82) is 0 Å². The van der Waals surface area contributed by atoms with Gasteiger partial charge in [-0.15, -0.1) is 11.8 Å². The summed E-state index contributed by atoms with van der Waals surface area (Å²) in [5, 5.41) is 11.4. The minimum Gasteiger partial charge on any atom is -0.258 e. The molecular formula is C7H7ClN2O2S. The van der Waals surface area contributed by atoms with E-state index in [0.29, 0.717) is 15.7 Å². The van der Waals surface area contributed by atoms with Crippen LogP contribution in [0, 0.1) is 17.0 Å². The summed E-state index contributed by atoms with van der Waals surface area (Å²) < 4.78 is 0. The van der Waals surface area contributed by atoms with E-state index in [2.05, 4.69) is 4.98 Å². The maximum absolute atomic E-state index is 10.5. The van der Waals surface area contributed by atoms with Crippen LogP contribution in [0.4, 0.5) is 5.69 Å².